The van der Waals surface area contributed by atoms with E-state index in [2.05, 4.69) is 10.3 Å². The molecule has 0 atom stereocenters. The Kier molecular flexibility index (Phi) is 5.82. The SMILES string of the molecule is Cc1ccc(-c2csc(SCC(=O)Nc3cc([N+](=O)[O-])ccc3F)n2)cc1. The van der Waals surface area contributed by atoms with Gasteiger partial charge in [-0.05, 0) is 13.0 Å². The molecule has 0 saturated carbocycles. The Labute approximate surface area is 162 Å². The number of rotatable bonds is 6. The van der Waals surface area contributed by atoms with Crippen LogP contribution in [0.1, 0.15) is 5.56 Å². The van der Waals surface area contributed by atoms with E-state index in [0.717, 1.165) is 35.0 Å². The zero-order valence-corrected chi connectivity index (χ0v) is 15.8. The van der Waals surface area contributed by atoms with Crippen molar-refractivity contribution in [2.24, 2.45) is 0 Å². The maximum absolute atomic E-state index is 13.7. The lowest BCUT2D eigenvalue weighted by molar-refractivity contribution is -0.384. The average Bonchev–Trinajstić information content (AvgIpc) is 3.11. The monoisotopic (exact) mass is 403 g/mol. The van der Waals surface area contributed by atoms with Crippen LogP contribution >= 0.6 is 23.1 Å². The van der Waals surface area contributed by atoms with E-state index < -0.39 is 16.6 Å². The molecule has 0 aliphatic rings. The molecule has 138 valence electrons. The van der Waals surface area contributed by atoms with Crippen molar-refractivity contribution in [3.8, 4) is 11.3 Å². The van der Waals surface area contributed by atoms with Gasteiger partial charge in [-0.1, -0.05) is 41.6 Å². The number of aryl methyl sites for hydroxylation is 1. The number of anilines is 1. The minimum atomic E-state index is -0.727. The van der Waals surface area contributed by atoms with Crippen LogP contribution in [0.3, 0.4) is 0 Å². The number of nitrogens with zero attached hydrogens (tertiary/aromatic N) is 2. The summed E-state index contributed by atoms with van der Waals surface area (Å²) in [7, 11) is 0. The molecule has 0 fully saturated rings. The van der Waals surface area contributed by atoms with Crippen LogP contribution < -0.4 is 5.32 Å². The number of non-ortho nitro benzene ring substituents is 1. The first-order valence-electron chi connectivity index (χ1n) is 7.81. The van der Waals surface area contributed by atoms with Crippen molar-refractivity contribution in [1.29, 1.82) is 0 Å². The third kappa shape index (κ3) is 4.89. The molecule has 1 heterocycles. The molecule has 27 heavy (non-hydrogen) atoms. The normalized spacial score (nSPS) is 10.6. The second-order valence-corrected chi connectivity index (χ2v) is 7.70. The zero-order chi connectivity index (χ0) is 19.4. The zero-order valence-electron chi connectivity index (χ0n) is 14.1. The second kappa shape index (κ2) is 8.28. The molecule has 0 unspecified atom stereocenters. The number of nitrogens with one attached hydrogen (secondary N) is 1. The fourth-order valence-corrected chi connectivity index (χ4v) is 3.85. The Morgan fingerprint density at radius 1 is 1.30 bits per heavy atom. The van der Waals surface area contributed by atoms with Gasteiger partial charge in [-0.3, -0.25) is 14.9 Å². The summed E-state index contributed by atoms with van der Waals surface area (Å²) in [4.78, 5) is 26.6. The van der Waals surface area contributed by atoms with Crippen molar-refractivity contribution in [3.63, 3.8) is 0 Å². The van der Waals surface area contributed by atoms with Crippen molar-refractivity contribution in [2.75, 3.05) is 11.1 Å². The fraction of sp³-hybridized carbons (Fsp3) is 0.111. The number of hydrogen-bond acceptors (Lipinski definition) is 6. The van der Waals surface area contributed by atoms with E-state index in [1.165, 1.54) is 23.1 Å². The van der Waals surface area contributed by atoms with Crippen LogP contribution in [0.4, 0.5) is 15.8 Å². The van der Waals surface area contributed by atoms with Gasteiger partial charge in [-0.2, -0.15) is 0 Å². The quantitative estimate of drug-likeness (QED) is 0.360. The fourth-order valence-electron chi connectivity index (χ4n) is 2.22. The number of thiazole rings is 1. The lowest BCUT2D eigenvalue weighted by atomic mass is 10.1. The molecule has 0 aliphatic carbocycles. The molecule has 0 aliphatic heterocycles. The standard InChI is InChI=1S/C18H14FN3O3S2/c1-11-2-4-12(5-3-11)16-9-26-18(21-16)27-10-17(23)20-15-8-13(22(24)25)6-7-14(15)19/h2-9H,10H2,1H3,(H,20,23). The largest absolute Gasteiger partial charge is 0.323 e. The van der Waals surface area contributed by atoms with Gasteiger partial charge >= 0.3 is 0 Å². The average molecular weight is 403 g/mol. The van der Waals surface area contributed by atoms with Gasteiger partial charge in [-0.25, -0.2) is 9.37 Å². The summed E-state index contributed by atoms with van der Waals surface area (Å²) < 4.78 is 14.4. The first kappa shape index (κ1) is 19.0. The number of halogens is 1. The highest BCUT2D eigenvalue weighted by molar-refractivity contribution is 8.01. The Morgan fingerprint density at radius 3 is 2.74 bits per heavy atom. The van der Waals surface area contributed by atoms with Crippen LogP contribution in [0.25, 0.3) is 11.3 Å². The number of nitro groups is 1. The number of benzene rings is 2. The van der Waals surface area contributed by atoms with E-state index in [4.69, 9.17) is 0 Å². The van der Waals surface area contributed by atoms with Crippen molar-refractivity contribution < 1.29 is 14.1 Å². The van der Waals surface area contributed by atoms with E-state index in [-0.39, 0.29) is 17.1 Å². The predicted molar refractivity (Wildman–Crippen MR) is 105 cm³/mol. The van der Waals surface area contributed by atoms with Crippen LogP contribution in [-0.4, -0.2) is 21.6 Å². The molecular formula is C18H14FN3O3S2. The maximum atomic E-state index is 13.7. The summed E-state index contributed by atoms with van der Waals surface area (Å²) in [6.45, 7) is 2.01. The number of hydrogen-bond donors (Lipinski definition) is 1. The van der Waals surface area contributed by atoms with Gasteiger partial charge < -0.3 is 5.32 Å². The van der Waals surface area contributed by atoms with Crippen molar-refractivity contribution in [2.45, 2.75) is 11.3 Å². The molecule has 1 N–H and O–H groups in total. The second-order valence-electron chi connectivity index (χ2n) is 5.62. The molecule has 2 aromatic carbocycles. The van der Waals surface area contributed by atoms with Gasteiger partial charge in [0.2, 0.25) is 5.91 Å². The molecule has 0 saturated heterocycles. The topological polar surface area (TPSA) is 85.1 Å². The maximum Gasteiger partial charge on any atom is 0.271 e. The van der Waals surface area contributed by atoms with Crippen molar-refractivity contribution in [1.82, 2.24) is 4.98 Å². The van der Waals surface area contributed by atoms with Crippen LogP contribution in [-0.2, 0) is 4.79 Å². The first-order valence-corrected chi connectivity index (χ1v) is 9.68. The van der Waals surface area contributed by atoms with E-state index in [9.17, 15) is 19.3 Å². The van der Waals surface area contributed by atoms with Crippen molar-refractivity contribution in [3.05, 3.63) is 69.3 Å². The smallest absolute Gasteiger partial charge is 0.271 e. The van der Waals surface area contributed by atoms with E-state index in [1.54, 1.807) is 0 Å². The highest BCUT2D eigenvalue weighted by atomic mass is 32.2. The van der Waals surface area contributed by atoms with Gasteiger partial charge in [0.15, 0.2) is 4.34 Å². The minimum Gasteiger partial charge on any atom is -0.323 e. The molecule has 0 bridgehead atoms. The number of nitro benzene ring substituents is 1. The number of aromatic nitrogens is 1. The molecular weight excluding hydrogens is 389 g/mol. The molecule has 0 spiro atoms. The third-order valence-electron chi connectivity index (χ3n) is 3.59. The van der Waals surface area contributed by atoms with Crippen LogP contribution in [0.15, 0.2) is 52.2 Å². The summed E-state index contributed by atoms with van der Waals surface area (Å²) in [6, 6.07) is 11.0. The van der Waals surface area contributed by atoms with Crippen LogP contribution in [0.5, 0.6) is 0 Å². The Morgan fingerprint density at radius 2 is 2.04 bits per heavy atom. The molecule has 0 radical (unpaired) electrons. The van der Waals surface area contributed by atoms with Crippen LogP contribution in [0.2, 0.25) is 0 Å². The van der Waals surface area contributed by atoms with Gasteiger partial charge in [-0.15, -0.1) is 11.3 Å². The summed E-state index contributed by atoms with van der Waals surface area (Å²) >= 11 is 2.64. The molecule has 6 nitrogen and oxygen atoms in total. The van der Waals surface area contributed by atoms with Gasteiger partial charge in [0, 0.05) is 23.1 Å². The Hall–Kier alpha value is -2.78. The molecule has 1 amide bonds. The summed E-state index contributed by atoms with van der Waals surface area (Å²) in [5, 5.41) is 15.0. The first-order chi connectivity index (χ1) is 12.9. The van der Waals surface area contributed by atoms with E-state index in [0.29, 0.717) is 4.34 Å². The minimum absolute atomic E-state index is 0.0168. The highest BCUT2D eigenvalue weighted by Crippen LogP contribution is 2.29. The predicted octanol–water partition coefficient (Wildman–Crippen LogP) is 4.90. The molecule has 3 rings (SSSR count). The van der Waals surface area contributed by atoms with Crippen molar-refractivity contribution >= 4 is 40.4 Å². The lowest BCUT2D eigenvalue weighted by Crippen LogP contribution is -2.15. The molecule has 9 heteroatoms. The lowest BCUT2D eigenvalue weighted by Gasteiger charge is -2.05. The van der Waals surface area contributed by atoms with E-state index in [1.807, 2.05) is 36.6 Å². The Balaban J connectivity index is 1.61. The highest BCUT2D eigenvalue weighted by Gasteiger charge is 2.14. The number of thioether (sulfide) groups is 1. The number of carbonyl (C=O) groups excluding carboxylic acids is 1. The summed E-state index contributed by atoms with van der Waals surface area (Å²) in [5.41, 5.74) is 2.48. The van der Waals surface area contributed by atoms with Gasteiger partial charge in [0.1, 0.15) is 5.82 Å². The van der Waals surface area contributed by atoms with Gasteiger partial charge in [0.25, 0.3) is 5.69 Å². The Bertz CT molecular complexity index is 990. The number of amides is 1. The summed E-state index contributed by atoms with van der Waals surface area (Å²) in [6.07, 6.45) is 0. The third-order valence-corrected chi connectivity index (χ3v) is 5.61. The summed E-state index contributed by atoms with van der Waals surface area (Å²) in [5.74, 6) is -1.18. The molecule has 3 aromatic rings. The van der Waals surface area contributed by atoms with Gasteiger partial charge in [0.05, 0.1) is 22.1 Å². The molecule has 1 aromatic heterocycles. The van der Waals surface area contributed by atoms with E-state index >= 15 is 0 Å². The number of carbonyl (C=O) groups is 1. The van der Waals surface area contributed by atoms with Crippen LogP contribution in [0, 0.1) is 22.9 Å².